The third-order valence-corrected chi connectivity index (χ3v) is 5.33. The van der Waals surface area contributed by atoms with Crippen LogP contribution in [-0.4, -0.2) is 51.0 Å². The second-order valence-electron chi connectivity index (χ2n) is 7.57. The third kappa shape index (κ3) is 4.33. The van der Waals surface area contributed by atoms with E-state index in [1.165, 1.54) is 5.56 Å². The summed E-state index contributed by atoms with van der Waals surface area (Å²) in [6.45, 7) is 9.74. The van der Waals surface area contributed by atoms with Gasteiger partial charge in [0.05, 0.1) is 17.8 Å². The van der Waals surface area contributed by atoms with Crippen LogP contribution in [0.25, 0.3) is 0 Å². The number of aryl methyl sites for hydroxylation is 4. The molecule has 0 aliphatic carbocycles. The number of likely N-dealkylation sites (tertiary alicyclic amines) is 1. The molecule has 1 fully saturated rings. The minimum atomic E-state index is -1.04. The molecule has 6 nitrogen and oxygen atoms in total. The van der Waals surface area contributed by atoms with E-state index in [-0.39, 0.29) is 19.1 Å². The average molecular weight is 371 g/mol. The van der Waals surface area contributed by atoms with Gasteiger partial charge in [-0.25, -0.2) is 0 Å². The maximum absolute atomic E-state index is 12.9. The standard InChI is InChI=1S/C21H29N3O3/c1-5-24-12-19(17(4)22-24)20(25)23-10-6-9-21(26,13-23)14-27-18-8-7-15(2)16(3)11-18/h7-8,11-12,26H,5-6,9-10,13-14H2,1-4H3. The molecule has 0 spiro atoms. The minimum Gasteiger partial charge on any atom is -0.491 e. The van der Waals surface area contributed by atoms with E-state index in [0.29, 0.717) is 18.5 Å². The lowest BCUT2D eigenvalue weighted by molar-refractivity contribution is -0.0532. The first-order chi connectivity index (χ1) is 12.8. The zero-order valence-electron chi connectivity index (χ0n) is 16.7. The van der Waals surface area contributed by atoms with Gasteiger partial charge in [-0.3, -0.25) is 9.48 Å². The highest BCUT2D eigenvalue weighted by Gasteiger charge is 2.37. The predicted molar refractivity (Wildman–Crippen MR) is 104 cm³/mol. The van der Waals surface area contributed by atoms with Crippen molar-refractivity contribution in [3.05, 3.63) is 46.8 Å². The van der Waals surface area contributed by atoms with E-state index in [9.17, 15) is 9.90 Å². The number of carbonyl (C=O) groups excluding carboxylic acids is 1. The minimum absolute atomic E-state index is 0.0727. The number of aromatic nitrogens is 2. The molecule has 1 saturated heterocycles. The van der Waals surface area contributed by atoms with Crippen molar-refractivity contribution in [1.29, 1.82) is 0 Å². The smallest absolute Gasteiger partial charge is 0.257 e. The molecule has 1 amide bonds. The van der Waals surface area contributed by atoms with Gasteiger partial charge in [0.1, 0.15) is 18.0 Å². The second-order valence-corrected chi connectivity index (χ2v) is 7.57. The molecule has 0 radical (unpaired) electrons. The van der Waals surface area contributed by atoms with Gasteiger partial charge in [0.2, 0.25) is 0 Å². The summed E-state index contributed by atoms with van der Waals surface area (Å²) in [5, 5.41) is 15.4. The number of nitrogens with zero attached hydrogens (tertiary/aromatic N) is 3. The molecule has 27 heavy (non-hydrogen) atoms. The number of hydrogen-bond acceptors (Lipinski definition) is 4. The number of rotatable bonds is 5. The van der Waals surface area contributed by atoms with E-state index in [2.05, 4.69) is 12.0 Å². The van der Waals surface area contributed by atoms with Crippen molar-refractivity contribution in [2.45, 2.75) is 52.7 Å². The lowest BCUT2D eigenvalue weighted by Crippen LogP contribution is -2.53. The van der Waals surface area contributed by atoms with Crippen LogP contribution in [0.5, 0.6) is 5.75 Å². The molecule has 0 bridgehead atoms. The van der Waals surface area contributed by atoms with Gasteiger partial charge >= 0.3 is 0 Å². The van der Waals surface area contributed by atoms with E-state index >= 15 is 0 Å². The van der Waals surface area contributed by atoms with Gasteiger partial charge in [-0.2, -0.15) is 5.10 Å². The summed E-state index contributed by atoms with van der Waals surface area (Å²) >= 11 is 0. The Morgan fingerprint density at radius 3 is 2.74 bits per heavy atom. The summed E-state index contributed by atoms with van der Waals surface area (Å²) in [5.41, 5.74) is 2.65. The number of piperidine rings is 1. The van der Waals surface area contributed by atoms with Gasteiger partial charge in [-0.1, -0.05) is 6.07 Å². The number of ether oxygens (including phenoxy) is 1. The fourth-order valence-corrected chi connectivity index (χ4v) is 3.49. The highest BCUT2D eigenvalue weighted by atomic mass is 16.5. The Hall–Kier alpha value is -2.34. The first-order valence-corrected chi connectivity index (χ1v) is 9.57. The van der Waals surface area contributed by atoms with E-state index in [0.717, 1.165) is 30.0 Å². The third-order valence-electron chi connectivity index (χ3n) is 5.33. The van der Waals surface area contributed by atoms with Crippen LogP contribution >= 0.6 is 0 Å². The highest BCUT2D eigenvalue weighted by molar-refractivity contribution is 5.95. The number of hydrogen-bond donors (Lipinski definition) is 1. The van der Waals surface area contributed by atoms with Crippen molar-refractivity contribution in [3.8, 4) is 5.75 Å². The van der Waals surface area contributed by atoms with Crippen molar-refractivity contribution in [2.75, 3.05) is 19.7 Å². The molecule has 1 N–H and O–H groups in total. The summed E-state index contributed by atoms with van der Waals surface area (Å²) in [6.07, 6.45) is 3.16. The van der Waals surface area contributed by atoms with Crippen LogP contribution in [0.1, 0.15) is 46.9 Å². The number of benzene rings is 1. The summed E-state index contributed by atoms with van der Waals surface area (Å²) in [7, 11) is 0. The molecule has 3 rings (SSSR count). The summed E-state index contributed by atoms with van der Waals surface area (Å²) < 4.78 is 7.62. The van der Waals surface area contributed by atoms with Crippen LogP contribution < -0.4 is 4.74 Å². The highest BCUT2D eigenvalue weighted by Crippen LogP contribution is 2.25. The van der Waals surface area contributed by atoms with Crippen LogP contribution in [0, 0.1) is 20.8 Å². The Balaban J connectivity index is 1.67. The lowest BCUT2D eigenvalue weighted by Gasteiger charge is -2.38. The lowest BCUT2D eigenvalue weighted by atomic mass is 9.93. The van der Waals surface area contributed by atoms with Crippen LogP contribution in [0.4, 0.5) is 0 Å². The molecule has 6 heteroatoms. The van der Waals surface area contributed by atoms with Crippen LogP contribution in [0.15, 0.2) is 24.4 Å². The molecule has 2 heterocycles. The monoisotopic (exact) mass is 371 g/mol. The van der Waals surface area contributed by atoms with Crippen molar-refractivity contribution in [2.24, 2.45) is 0 Å². The van der Waals surface area contributed by atoms with Crippen LogP contribution in [-0.2, 0) is 6.54 Å². The molecule has 1 aliphatic heterocycles. The Morgan fingerprint density at radius 2 is 2.07 bits per heavy atom. The number of β-amino-alcohol motifs (C(OH)–C–C–N with tert-alkyl or cyclic N) is 1. The molecule has 1 unspecified atom stereocenters. The van der Waals surface area contributed by atoms with Crippen molar-refractivity contribution >= 4 is 5.91 Å². The van der Waals surface area contributed by atoms with E-state index < -0.39 is 5.60 Å². The molecule has 2 aromatic rings. The quantitative estimate of drug-likeness (QED) is 0.878. The molecule has 0 saturated carbocycles. The maximum Gasteiger partial charge on any atom is 0.257 e. The number of aliphatic hydroxyl groups is 1. The van der Waals surface area contributed by atoms with Gasteiger partial charge < -0.3 is 14.7 Å². The van der Waals surface area contributed by atoms with Gasteiger partial charge in [-0.05, 0) is 63.8 Å². The zero-order chi connectivity index (χ0) is 19.6. The SMILES string of the molecule is CCn1cc(C(=O)N2CCCC(O)(COc3ccc(C)c(C)c3)C2)c(C)n1. The van der Waals surface area contributed by atoms with E-state index in [1.54, 1.807) is 15.8 Å². The van der Waals surface area contributed by atoms with Crippen molar-refractivity contribution in [3.63, 3.8) is 0 Å². The van der Waals surface area contributed by atoms with Crippen molar-refractivity contribution < 1.29 is 14.6 Å². The van der Waals surface area contributed by atoms with E-state index in [4.69, 9.17) is 4.74 Å². The first-order valence-electron chi connectivity index (χ1n) is 9.57. The van der Waals surface area contributed by atoms with Gasteiger partial charge in [0, 0.05) is 19.3 Å². The average Bonchev–Trinajstić information content (AvgIpc) is 3.03. The Labute approximate surface area is 160 Å². The van der Waals surface area contributed by atoms with Crippen LogP contribution in [0.3, 0.4) is 0 Å². The largest absolute Gasteiger partial charge is 0.491 e. The maximum atomic E-state index is 12.9. The predicted octanol–water partition coefficient (Wildman–Crippen LogP) is 2.87. The van der Waals surface area contributed by atoms with Gasteiger partial charge in [0.25, 0.3) is 5.91 Å². The molecule has 1 aromatic heterocycles. The van der Waals surface area contributed by atoms with Crippen LogP contribution in [0.2, 0.25) is 0 Å². The zero-order valence-corrected chi connectivity index (χ0v) is 16.7. The van der Waals surface area contributed by atoms with Gasteiger partial charge in [-0.15, -0.1) is 0 Å². The molecule has 146 valence electrons. The summed E-state index contributed by atoms with van der Waals surface area (Å²) in [6, 6.07) is 5.91. The number of carbonyl (C=O) groups is 1. The van der Waals surface area contributed by atoms with Gasteiger partial charge in [0.15, 0.2) is 0 Å². The molecular formula is C21H29N3O3. The molecular weight excluding hydrogens is 342 g/mol. The summed E-state index contributed by atoms with van der Waals surface area (Å²) in [5.74, 6) is 0.673. The normalized spacial score (nSPS) is 20.0. The Kier molecular flexibility index (Phi) is 5.56. The fourth-order valence-electron chi connectivity index (χ4n) is 3.49. The van der Waals surface area contributed by atoms with Crippen molar-refractivity contribution in [1.82, 2.24) is 14.7 Å². The Bertz CT molecular complexity index is 830. The van der Waals surface area contributed by atoms with E-state index in [1.807, 2.05) is 39.0 Å². The molecule has 1 aromatic carbocycles. The fraction of sp³-hybridized carbons (Fsp3) is 0.524. The molecule has 1 aliphatic rings. The summed E-state index contributed by atoms with van der Waals surface area (Å²) in [4.78, 5) is 14.6. The second kappa shape index (κ2) is 7.72. The molecule has 1 atom stereocenters. The Morgan fingerprint density at radius 1 is 1.30 bits per heavy atom. The number of amides is 1. The first kappa shape index (κ1) is 19.4. The topological polar surface area (TPSA) is 67.6 Å².